The molecular weight excluding hydrogens is 228 g/mol. The Hall–Kier alpha value is -1.55. The van der Waals surface area contributed by atoms with Crippen molar-refractivity contribution >= 4 is 5.91 Å². The van der Waals surface area contributed by atoms with E-state index < -0.39 is 0 Å². The molecule has 1 aromatic rings. The summed E-state index contributed by atoms with van der Waals surface area (Å²) in [6, 6.07) is 7.97. The number of benzene rings is 1. The summed E-state index contributed by atoms with van der Waals surface area (Å²) in [5.41, 5.74) is 6.58. The van der Waals surface area contributed by atoms with E-state index in [9.17, 15) is 4.79 Å². The standard InChI is InChI=1S/C14H20N2O2/c1-14(9-16-8-12(14)13(15)17)7-10-3-5-11(18-2)6-4-10/h3-6,12,16H,7-9H2,1-2H3,(H2,15,17). The Labute approximate surface area is 108 Å². The quantitative estimate of drug-likeness (QED) is 0.833. The lowest BCUT2D eigenvalue weighted by atomic mass is 9.75. The van der Waals surface area contributed by atoms with Gasteiger partial charge in [0.05, 0.1) is 13.0 Å². The van der Waals surface area contributed by atoms with Crippen molar-refractivity contribution in [2.45, 2.75) is 13.3 Å². The number of primary amides is 1. The SMILES string of the molecule is COc1ccc(CC2(C)CNCC2C(N)=O)cc1. The monoisotopic (exact) mass is 248 g/mol. The summed E-state index contributed by atoms with van der Waals surface area (Å²) in [7, 11) is 1.65. The second kappa shape index (κ2) is 4.98. The minimum absolute atomic E-state index is 0.0968. The molecule has 3 N–H and O–H groups in total. The van der Waals surface area contributed by atoms with Crippen LogP contribution in [-0.4, -0.2) is 26.1 Å². The Morgan fingerprint density at radius 2 is 2.17 bits per heavy atom. The Balaban J connectivity index is 2.13. The lowest BCUT2D eigenvalue weighted by Gasteiger charge is -2.28. The molecule has 2 rings (SSSR count). The van der Waals surface area contributed by atoms with Gasteiger partial charge < -0.3 is 15.8 Å². The van der Waals surface area contributed by atoms with Crippen LogP contribution in [0.15, 0.2) is 24.3 Å². The Bertz CT molecular complexity index is 430. The zero-order valence-corrected chi connectivity index (χ0v) is 10.9. The van der Waals surface area contributed by atoms with Crippen molar-refractivity contribution in [1.29, 1.82) is 0 Å². The topological polar surface area (TPSA) is 64.3 Å². The van der Waals surface area contributed by atoms with Gasteiger partial charge in [0, 0.05) is 13.1 Å². The first kappa shape index (κ1) is 12.9. The fourth-order valence-corrected chi connectivity index (χ4v) is 2.71. The third-order valence-electron chi connectivity index (χ3n) is 3.83. The molecular formula is C14H20N2O2. The second-order valence-electron chi connectivity index (χ2n) is 5.26. The van der Waals surface area contributed by atoms with Crippen molar-refractivity contribution in [1.82, 2.24) is 5.32 Å². The average molecular weight is 248 g/mol. The van der Waals surface area contributed by atoms with Gasteiger partial charge in [-0.2, -0.15) is 0 Å². The van der Waals surface area contributed by atoms with Crippen LogP contribution in [0, 0.1) is 11.3 Å². The van der Waals surface area contributed by atoms with Crippen LogP contribution < -0.4 is 15.8 Å². The van der Waals surface area contributed by atoms with Crippen molar-refractivity contribution in [2.24, 2.45) is 17.1 Å². The first-order valence-corrected chi connectivity index (χ1v) is 6.18. The summed E-state index contributed by atoms with van der Waals surface area (Å²) < 4.78 is 5.14. The highest BCUT2D eigenvalue weighted by atomic mass is 16.5. The molecule has 4 heteroatoms. The molecule has 1 fully saturated rings. The highest BCUT2D eigenvalue weighted by molar-refractivity contribution is 5.78. The van der Waals surface area contributed by atoms with E-state index in [1.54, 1.807) is 7.11 Å². The van der Waals surface area contributed by atoms with Gasteiger partial charge >= 0.3 is 0 Å². The minimum Gasteiger partial charge on any atom is -0.497 e. The molecule has 1 aromatic carbocycles. The highest BCUT2D eigenvalue weighted by Crippen LogP contribution is 2.34. The molecule has 1 heterocycles. The predicted octanol–water partition coefficient (Wildman–Crippen LogP) is 0.949. The molecule has 1 saturated heterocycles. The number of nitrogens with two attached hydrogens (primary N) is 1. The largest absolute Gasteiger partial charge is 0.497 e. The lowest BCUT2D eigenvalue weighted by Crippen LogP contribution is -2.38. The highest BCUT2D eigenvalue weighted by Gasteiger charge is 2.41. The molecule has 0 saturated carbocycles. The van der Waals surface area contributed by atoms with Crippen molar-refractivity contribution in [3.8, 4) is 5.75 Å². The molecule has 98 valence electrons. The first-order valence-electron chi connectivity index (χ1n) is 6.18. The van der Waals surface area contributed by atoms with Gasteiger partial charge in [-0.15, -0.1) is 0 Å². The van der Waals surface area contributed by atoms with E-state index in [4.69, 9.17) is 10.5 Å². The Kier molecular flexibility index (Phi) is 3.57. The molecule has 2 unspecified atom stereocenters. The normalized spacial score (nSPS) is 27.1. The summed E-state index contributed by atoms with van der Waals surface area (Å²) in [5.74, 6) is 0.538. The van der Waals surface area contributed by atoms with E-state index in [1.807, 2.05) is 24.3 Å². The lowest BCUT2D eigenvalue weighted by molar-refractivity contribution is -0.123. The maximum absolute atomic E-state index is 11.5. The van der Waals surface area contributed by atoms with E-state index >= 15 is 0 Å². The van der Waals surface area contributed by atoms with E-state index in [0.717, 1.165) is 18.7 Å². The Morgan fingerprint density at radius 3 is 2.72 bits per heavy atom. The number of hydrogen-bond donors (Lipinski definition) is 2. The smallest absolute Gasteiger partial charge is 0.222 e. The van der Waals surface area contributed by atoms with E-state index in [0.29, 0.717) is 6.54 Å². The summed E-state index contributed by atoms with van der Waals surface area (Å²) in [4.78, 5) is 11.5. The van der Waals surface area contributed by atoms with Crippen LogP contribution in [0.2, 0.25) is 0 Å². The van der Waals surface area contributed by atoms with Gasteiger partial charge in [-0.05, 0) is 29.5 Å². The molecule has 1 amide bonds. The summed E-state index contributed by atoms with van der Waals surface area (Å²) in [6.45, 7) is 3.63. The summed E-state index contributed by atoms with van der Waals surface area (Å²) in [5, 5.41) is 3.26. The van der Waals surface area contributed by atoms with Crippen LogP contribution in [0.3, 0.4) is 0 Å². The fourth-order valence-electron chi connectivity index (χ4n) is 2.71. The van der Waals surface area contributed by atoms with E-state index in [1.165, 1.54) is 5.56 Å². The molecule has 0 aromatic heterocycles. The van der Waals surface area contributed by atoms with Gasteiger partial charge in [-0.3, -0.25) is 4.79 Å². The van der Waals surface area contributed by atoms with Gasteiger partial charge in [0.1, 0.15) is 5.75 Å². The fraction of sp³-hybridized carbons (Fsp3) is 0.500. The van der Waals surface area contributed by atoms with Crippen LogP contribution in [0.1, 0.15) is 12.5 Å². The molecule has 0 radical (unpaired) electrons. The number of methoxy groups -OCH3 is 1. The van der Waals surface area contributed by atoms with Gasteiger partial charge in [-0.25, -0.2) is 0 Å². The van der Waals surface area contributed by atoms with Crippen molar-refractivity contribution in [2.75, 3.05) is 20.2 Å². The van der Waals surface area contributed by atoms with Crippen LogP contribution >= 0.6 is 0 Å². The maximum atomic E-state index is 11.5. The van der Waals surface area contributed by atoms with Gasteiger partial charge in [0.25, 0.3) is 0 Å². The van der Waals surface area contributed by atoms with Crippen molar-refractivity contribution < 1.29 is 9.53 Å². The zero-order chi connectivity index (χ0) is 13.2. The second-order valence-corrected chi connectivity index (χ2v) is 5.26. The number of rotatable bonds is 4. The summed E-state index contributed by atoms with van der Waals surface area (Å²) in [6.07, 6.45) is 0.845. The van der Waals surface area contributed by atoms with Crippen LogP contribution in [0.4, 0.5) is 0 Å². The number of carbonyl (C=O) groups is 1. The number of nitrogens with one attached hydrogen (secondary N) is 1. The number of hydrogen-bond acceptors (Lipinski definition) is 3. The third kappa shape index (κ3) is 2.48. The molecule has 0 aliphatic carbocycles. The molecule has 0 bridgehead atoms. The molecule has 1 aliphatic rings. The Morgan fingerprint density at radius 1 is 1.50 bits per heavy atom. The zero-order valence-electron chi connectivity index (χ0n) is 10.9. The molecule has 0 spiro atoms. The van der Waals surface area contributed by atoms with Gasteiger partial charge in [0.15, 0.2) is 0 Å². The molecule has 4 nitrogen and oxygen atoms in total. The van der Waals surface area contributed by atoms with E-state index in [2.05, 4.69) is 12.2 Å². The van der Waals surface area contributed by atoms with E-state index in [-0.39, 0.29) is 17.2 Å². The van der Waals surface area contributed by atoms with Crippen LogP contribution in [-0.2, 0) is 11.2 Å². The molecule has 2 atom stereocenters. The maximum Gasteiger partial charge on any atom is 0.222 e. The van der Waals surface area contributed by atoms with Crippen molar-refractivity contribution in [3.63, 3.8) is 0 Å². The predicted molar refractivity (Wildman–Crippen MR) is 70.4 cm³/mol. The average Bonchev–Trinajstić information content (AvgIpc) is 2.72. The number of ether oxygens (including phenoxy) is 1. The molecule has 1 aliphatic heterocycles. The van der Waals surface area contributed by atoms with Crippen molar-refractivity contribution in [3.05, 3.63) is 29.8 Å². The van der Waals surface area contributed by atoms with Gasteiger partial charge in [-0.1, -0.05) is 19.1 Å². The molecule has 18 heavy (non-hydrogen) atoms. The number of amides is 1. The third-order valence-corrected chi connectivity index (χ3v) is 3.83. The van der Waals surface area contributed by atoms with Crippen LogP contribution in [0.5, 0.6) is 5.75 Å². The van der Waals surface area contributed by atoms with Crippen LogP contribution in [0.25, 0.3) is 0 Å². The first-order chi connectivity index (χ1) is 8.55. The number of carbonyl (C=O) groups excluding carboxylic acids is 1. The minimum atomic E-state index is -0.212. The summed E-state index contributed by atoms with van der Waals surface area (Å²) >= 11 is 0. The van der Waals surface area contributed by atoms with Gasteiger partial charge in [0.2, 0.25) is 5.91 Å².